The fraction of sp³-hybridized carbons (Fsp3) is 0.400. The van der Waals surface area contributed by atoms with Gasteiger partial charge in [0.05, 0.1) is 12.8 Å². The average Bonchev–Trinajstić information content (AvgIpc) is 2.90. The zero-order valence-electron chi connectivity index (χ0n) is 16.0. The highest BCUT2D eigenvalue weighted by molar-refractivity contribution is 7.80. The molecule has 0 bridgehead atoms. The number of nitrogens with zero attached hydrogens (tertiary/aromatic N) is 2. The summed E-state index contributed by atoms with van der Waals surface area (Å²) >= 11 is 5.20. The van der Waals surface area contributed by atoms with Gasteiger partial charge >= 0.3 is 0 Å². The van der Waals surface area contributed by atoms with E-state index in [1.54, 1.807) is 6.21 Å². The smallest absolute Gasteiger partial charge is 0.186 e. The molecule has 0 saturated heterocycles. The molecule has 0 amide bonds. The fourth-order valence-electron chi connectivity index (χ4n) is 2.75. The second-order valence-corrected chi connectivity index (χ2v) is 6.48. The predicted molar refractivity (Wildman–Crippen MR) is 113 cm³/mol. The van der Waals surface area contributed by atoms with Gasteiger partial charge in [0.15, 0.2) is 5.11 Å². The largest absolute Gasteiger partial charge is 0.494 e. The van der Waals surface area contributed by atoms with E-state index in [9.17, 15) is 0 Å². The summed E-state index contributed by atoms with van der Waals surface area (Å²) in [6.45, 7) is 9.84. The number of rotatable bonds is 8. The molecule has 26 heavy (non-hydrogen) atoms. The third-order valence-corrected chi connectivity index (χ3v) is 4.30. The van der Waals surface area contributed by atoms with E-state index >= 15 is 0 Å². The first-order valence-corrected chi connectivity index (χ1v) is 9.46. The van der Waals surface area contributed by atoms with Gasteiger partial charge in [0, 0.05) is 29.2 Å². The first-order valence-electron chi connectivity index (χ1n) is 9.05. The third kappa shape index (κ3) is 5.33. The van der Waals surface area contributed by atoms with E-state index in [4.69, 9.17) is 17.0 Å². The van der Waals surface area contributed by atoms with Crippen LogP contribution in [0.5, 0.6) is 5.75 Å². The second kappa shape index (κ2) is 9.97. The Morgan fingerprint density at radius 3 is 2.62 bits per heavy atom. The molecule has 0 unspecified atom stereocenters. The zero-order valence-corrected chi connectivity index (χ0v) is 16.8. The first-order chi connectivity index (χ1) is 12.6. The van der Waals surface area contributed by atoms with Crippen LogP contribution < -0.4 is 15.5 Å². The van der Waals surface area contributed by atoms with Crippen molar-refractivity contribution in [1.29, 1.82) is 0 Å². The van der Waals surface area contributed by atoms with Gasteiger partial charge in [0.2, 0.25) is 0 Å². The number of aromatic nitrogens is 1. The number of hydrogen-bond acceptors (Lipinski definition) is 3. The standard InChI is InChI=1S/C20H28N4OS/c1-5-7-12-21-20(26)23-22-14-17-13-15(3)24(16(17)4)18-8-10-19(11-9-18)25-6-2/h8-11,13-14H,5-7,12H2,1-4H3,(H2,21,23,26)/b22-14+. The minimum atomic E-state index is 0.551. The van der Waals surface area contributed by atoms with Crippen LogP contribution in [0.3, 0.4) is 0 Å². The van der Waals surface area contributed by atoms with Crippen molar-refractivity contribution < 1.29 is 4.74 Å². The highest BCUT2D eigenvalue weighted by Gasteiger charge is 2.09. The lowest BCUT2D eigenvalue weighted by atomic mass is 10.2. The van der Waals surface area contributed by atoms with E-state index in [1.165, 1.54) is 0 Å². The summed E-state index contributed by atoms with van der Waals surface area (Å²) in [5, 5.41) is 7.94. The highest BCUT2D eigenvalue weighted by Crippen LogP contribution is 2.22. The SMILES string of the molecule is CCCCNC(=S)N/N=C/c1cc(C)n(-c2ccc(OCC)cc2)c1C. The van der Waals surface area contributed by atoms with Gasteiger partial charge in [0.25, 0.3) is 0 Å². The van der Waals surface area contributed by atoms with Gasteiger partial charge in [-0.25, -0.2) is 0 Å². The van der Waals surface area contributed by atoms with Crippen molar-refractivity contribution in [2.24, 2.45) is 5.10 Å². The van der Waals surface area contributed by atoms with Gasteiger partial charge in [-0.2, -0.15) is 5.10 Å². The van der Waals surface area contributed by atoms with Crippen molar-refractivity contribution in [3.8, 4) is 11.4 Å². The normalized spacial score (nSPS) is 10.9. The zero-order chi connectivity index (χ0) is 18.9. The van der Waals surface area contributed by atoms with Crippen molar-refractivity contribution in [2.45, 2.75) is 40.5 Å². The molecule has 5 nitrogen and oxygen atoms in total. The van der Waals surface area contributed by atoms with Crippen molar-refractivity contribution >= 4 is 23.5 Å². The molecule has 0 saturated carbocycles. The lowest BCUT2D eigenvalue weighted by Crippen LogP contribution is -2.32. The molecule has 0 atom stereocenters. The van der Waals surface area contributed by atoms with Crippen molar-refractivity contribution in [3.63, 3.8) is 0 Å². The summed E-state index contributed by atoms with van der Waals surface area (Å²) < 4.78 is 7.72. The lowest BCUT2D eigenvalue weighted by molar-refractivity contribution is 0.340. The molecule has 140 valence electrons. The number of nitrogens with one attached hydrogen (secondary N) is 2. The molecule has 1 aromatic heterocycles. The van der Waals surface area contributed by atoms with E-state index in [1.807, 2.05) is 19.1 Å². The Morgan fingerprint density at radius 1 is 1.23 bits per heavy atom. The van der Waals surface area contributed by atoms with Gasteiger partial charge < -0.3 is 14.6 Å². The maximum atomic E-state index is 5.52. The van der Waals surface area contributed by atoms with Crippen LogP contribution in [0.1, 0.15) is 43.6 Å². The molecular weight excluding hydrogens is 344 g/mol. The molecule has 2 aromatic rings. The molecule has 2 N–H and O–H groups in total. The average molecular weight is 373 g/mol. The molecule has 1 heterocycles. The molecule has 1 aromatic carbocycles. The number of aryl methyl sites for hydroxylation is 1. The topological polar surface area (TPSA) is 50.6 Å². The Morgan fingerprint density at radius 2 is 1.96 bits per heavy atom. The summed E-state index contributed by atoms with van der Waals surface area (Å²) in [5.41, 5.74) is 7.31. The Hall–Kier alpha value is -2.34. The van der Waals surface area contributed by atoms with E-state index < -0.39 is 0 Å². The molecule has 0 aliphatic rings. The van der Waals surface area contributed by atoms with Crippen LogP contribution in [0.25, 0.3) is 5.69 Å². The summed E-state index contributed by atoms with van der Waals surface area (Å²) in [5.74, 6) is 0.883. The van der Waals surface area contributed by atoms with E-state index in [2.05, 4.69) is 59.4 Å². The summed E-state index contributed by atoms with van der Waals surface area (Å²) in [6.07, 6.45) is 4.03. The molecule has 0 spiro atoms. The lowest BCUT2D eigenvalue weighted by Gasteiger charge is -2.11. The number of hydrazone groups is 1. The molecule has 2 rings (SSSR count). The van der Waals surface area contributed by atoms with Crippen LogP contribution >= 0.6 is 12.2 Å². The van der Waals surface area contributed by atoms with Crippen molar-refractivity contribution in [1.82, 2.24) is 15.3 Å². The van der Waals surface area contributed by atoms with Gasteiger partial charge in [-0.05, 0) is 69.7 Å². The number of ether oxygens (including phenoxy) is 1. The minimum absolute atomic E-state index is 0.551. The monoisotopic (exact) mass is 372 g/mol. The van der Waals surface area contributed by atoms with Crippen molar-refractivity contribution in [2.75, 3.05) is 13.2 Å². The predicted octanol–water partition coefficient (Wildman–Crippen LogP) is 4.09. The van der Waals surface area contributed by atoms with Crippen LogP contribution in [-0.2, 0) is 0 Å². The highest BCUT2D eigenvalue weighted by atomic mass is 32.1. The Balaban J connectivity index is 2.07. The quantitative estimate of drug-likeness (QED) is 0.317. The van der Waals surface area contributed by atoms with Crippen LogP contribution in [0.4, 0.5) is 0 Å². The maximum absolute atomic E-state index is 5.52. The molecular formula is C20H28N4OS. The van der Waals surface area contributed by atoms with Crippen LogP contribution in [0, 0.1) is 13.8 Å². The Bertz CT molecular complexity index is 750. The van der Waals surface area contributed by atoms with E-state index in [-0.39, 0.29) is 0 Å². The third-order valence-electron chi connectivity index (χ3n) is 4.06. The Labute approximate surface area is 161 Å². The fourth-order valence-corrected chi connectivity index (χ4v) is 2.91. The maximum Gasteiger partial charge on any atom is 0.186 e. The van der Waals surface area contributed by atoms with Gasteiger partial charge in [-0.3, -0.25) is 5.43 Å². The molecule has 0 fully saturated rings. The summed E-state index contributed by atoms with van der Waals surface area (Å²) in [7, 11) is 0. The number of hydrogen-bond donors (Lipinski definition) is 2. The summed E-state index contributed by atoms with van der Waals surface area (Å²) in [4.78, 5) is 0. The first kappa shape index (κ1) is 20.0. The van der Waals surface area contributed by atoms with Crippen LogP contribution in [0.15, 0.2) is 35.4 Å². The molecule has 6 heteroatoms. The molecule has 0 aliphatic heterocycles. The number of unbranched alkanes of at least 4 members (excludes halogenated alkanes) is 1. The Kier molecular flexibility index (Phi) is 7.66. The van der Waals surface area contributed by atoms with Crippen LogP contribution in [-0.4, -0.2) is 29.0 Å². The van der Waals surface area contributed by atoms with Gasteiger partial charge in [0.1, 0.15) is 5.75 Å². The number of thiocarbonyl (C=S) groups is 1. The minimum Gasteiger partial charge on any atom is -0.494 e. The number of benzene rings is 1. The molecule has 0 aliphatic carbocycles. The van der Waals surface area contributed by atoms with E-state index in [0.29, 0.717) is 11.7 Å². The van der Waals surface area contributed by atoms with Gasteiger partial charge in [-0.15, -0.1) is 0 Å². The second-order valence-electron chi connectivity index (χ2n) is 6.07. The summed E-state index contributed by atoms with van der Waals surface area (Å²) in [6, 6.07) is 10.2. The van der Waals surface area contributed by atoms with E-state index in [0.717, 1.165) is 47.8 Å². The van der Waals surface area contributed by atoms with Crippen molar-refractivity contribution in [3.05, 3.63) is 47.3 Å². The van der Waals surface area contributed by atoms with Crippen LogP contribution in [0.2, 0.25) is 0 Å². The molecule has 0 radical (unpaired) electrons. The van der Waals surface area contributed by atoms with Gasteiger partial charge in [-0.1, -0.05) is 13.3 Å².